The van der Waals surface area contributed by atoms with Gasteiger partial charge in [-0.3, -0.25) is 0 Å². The summed E-state index contributed by atoms with van der Waals surface area (Å²) >= 11 is 0. The second kappa shape index (κ2) is 6.19. The number of halogens is 2. The first-order valence-electron chi connectivity index (χ1n) is 6.65. The zero-order valence-electron chi connectivity index (χ0n) is 11.2. The number of rotatable bonds is 4. The zero-order valence-corrected chi connectivity index (χ0v) is 11.2. The Kier molecular flexibility index (Phi) is 4.58. The zero-order chi connectivity index (χ0) is 13.8. The Hall–Kier alpha value is -1.36. The number of nitrogen functional groups attached to an aromatic ring is 1. The lowest BCUT2D eigenvalue weighted by Crippen LogP contribution is -2.37. The summed E-state index contributed by atoms with van der Waals surface area (Å²) in [5, 5.41) is 0. The van der Waals surface area contributed by atoms with E-state index in [2.05, 4.69) is 11.9 Å². The molecule has 19 heavy (non-hydrogen) atoms. The lowest BCUT2D eigenvalue weighted by molar-refractivity contribution is 0.151. The van der Waals surface area contributed by atoms with Gasteiger partial charge in [0.1, 0.15) is 5.82 Å². The van der Waals surface area contributed by atoms with E-state index in [1.165, 1.54) is 12.8 Å². The molecule has 0 radical (unpaired) electrons. The highest BCUT2D eigenvalue weighted by Gasteiger charge is 2.19. The standard InChI is InChI=1S/C14H20F2N2O/c1-18-6-3-2-4-10(18)5-7-19-14-9-11(15)13(17)8-12(14)16/h8-10H,2-7,17H2,1H3. The number of benzene rings is 1. The number of nitrogens with two attached hydrogens (primary N) is 1. The molecule has 2 N–H and O–H groups in total. The molecule has 0 aliphatic carbocycles. The number of anilines is 1. The molecule has 106 valence electrons. The molecule has 1 aliphatic rings. The van der Waals surface area contributed by atoms with Gasteiger partial charge in [-0.1, -0.05) is 6.42 Å². The Balaban J connectivity index is 1.87. The first kappa shape index (κ1) is 14.1. The third-order valence-corrected chi connectivity index (χ3v) is 3.68. The van der Waals surface area contributed by atoms with E-state index in [-0.39, 0.29) is 11.4 Å². The summed E-state index contributed by atoms with van der Waals surface area (Å²) in [7, 11) is 2.09. The molecule has 0 amide bonds. The highest BCUT2D eigenvalue weighted by molar-refractivity contribution is 5.44. The normalized spacial score (nSPS) is 20.5. The average Bonchev–Trinajstić information content (AvgIpc) is 2.38. The highest BCUT2D eigenvalue weighted by Crippen LogP contribution is 2.24. The maximum absolute atomic E-state index is 13.5. The van der Waals surface area contributed by atoms with Gasteiger partial charge in [-0.2, -0.15) is 0 Å². The minimum atomic E-state index is -0.647. The molecule has 0 spiro atoms. The monoisotopic (exact) mass is 270 g/mol. The predicted molar refractivity (Wildman–Crippen MR) is 71.2 cm³/mol. The maximum atomic E-state index is 13.5. The first-order valence-corrected chi connectivity index (χ1v) is 6.65. The summed E-state index contributed by atoms with van der Waals surface area (Å²) in [6.07, 6.45) is 4.41. The van der Waals surface area contributed by atoms with Gasteiger partial charge in [0.15, 0.2) is 11.6 Å². The van der Waals surface area contributed by atoms with Crippen molar-refractivity contribution in [3.8, 4) is 5.75 Å². The van der Waals surface area contributed by atoms with Crippen LogP contribution in [0.1, 0.15) is 25.7 Å². The third kappa shape index (κ3) is 3.56. The van der Waals surface area contributed by atoms with E-state index in [9.17, 15) is 8.78 Å². The van der Waals surface area contributed by atoms with Gasteiger partial charge in [0.05, 0.1) is 12.3 Å². The molecule has 1 fully saturated rings. The summed E-state index contributed by atoms with van der Waals surface area (Å²) in [6.45, 7) is 1.48. The summed E-state index contributed by atoms with van der Waals surface area (Å²) in [6, 6.07) is 2.43. The number of hydrogen-bond donors (Lipinski definition) is 1. The number of hydrogen-bond acceptors (Lipinski definition) is 3. The Labute approximate surface area is 112 Å². The van der Waals surface area contributed by atoms with Gasteiger partial charge in [-0.05, 0) is 32.9 Å². The Morgan fingerprint density at radius 2 is 2.11 bits per heavy atom. The molecule has 0 saturated carbocycles. The van der Waals surface area contributed by atoms with Crippen LogP contribution in [0.25, 0.3) is 0 Å². The predicted octanol–water partition coefficient (Wildman–Crippen LogP) is 2.80. The van der Waals surface area contributed by atoms with Crippen LogP contribution in [-0.4, -0.2) is 31.1 Å². The summed E-state index contributed by atoms with van der Waals surface area (Å²) < 4.78 is 32.0. The molecule has 1 aromatic carbocycles. The van der Waals surface area contributed by atoms with E-state index in [0.29, 0.717) is 12.6 Å². The van der Waals surface area contributed by atoms with Crippen molar-refractivity contribution >= 4 is 5.69 Å². The van der Waals surface area contributed by atoms with E-state index in [1.807, 2.05) is 0 Å². The lowest BCUT2D eigenvalue weighted by Gasteiger charge is -2.32. The van der Waals surface area contributed by atoms with Crippen LogP contribution in [0.2, 0.25) is 0 Å². The van der Waals surface area contributed by atoms with Crippen LogP contribution >= 0.6 is 0 Å². The molecule has 1 unspecified atom stereocenters. The average molecular weight is 270 g/mol. The fourth-order valence-electron chi connectivity index (χ4n) is 2.47. The van der Waals surface area contributed by atoms with Crippen molar-refractivity contribution in [2.45, 2.75) is 31.7 Å². The van der Waals surface area contributed by atoms with E-state index >= 15 is 0 Å². The van der Waals surface area contributed by atoms with Crippen LogP contribution in [-0.2, 0) is 0 Å². The fraction of sp³-hybridized carbons (Fsp3) is 0.571. The van der Waals surface area contributed by atoms with Crippen LogP contribution in [0.15, 0.2) is 12.1 Å². The van der Waals surface area contributed by atoms with E-state index in [0.717, 1.165) is 31.5 Å². The molecule has 0 bridgehead atoms. The van der Waals surface area contributed by atoms with Crippen LogP contribution in [0, 0.1) is 11.6 Å². The molecule has 0 aromatic heterocycles. The van der Waals surface area contributed by atoms with E-state index in [4.69, 9.17) is 10.5 Å². The van der Waals surface area contributed by atoms with Gasteiger partial charge in [0.25, 0.3) is 0 Å². The molecule has 1 atom stereocenters. The first-order chi connectivity index (χ1) is 9.08. The van der Waals surface area contributed by atoms with Crippen LogP contribution in [0.3, 0.4) is 0 Å². The van der Waals surface area contributed by atoms with Crippen molar-refractivity contribution in [2.24, 2.45) is 0 Å². The molecule has 1 saturated heterocycles. The van der Waals surface area contributed by atoms with Crippen molar-refractivity contribution in [1.82, 2.24) is 4.90 Å². The molecule has 3 nitrogen and oxygen atoms in total. The number of piperidine rings is 1. The SMILES string of the molecule is CN1CCCCC1CCOc1cc(F)c(N)cc1F. The van der Waals surface area contributed by atoms with Crippen molar-refractivity contribution in [3.63, 3.8) is 0 Å². The topological polar surface area (TPSA) is 38.5 Å². The molecular weight excluding hydrogens is 250 g/mol. The van der Waals surface area contributed by atoms with Crippen molar-refractivity contribution in [1.29, 1.82) is 0 Å². The second-order valence-corrected chi connectivity index (χ2v) is 5.07. The Morgan fingerprint density at radius 3 is 2.84 bits per heavy atom. The minimum Gasteiger partial charge on any atom is -0.490 e. The molecule has 1 aliphatic heterocycles. The summed E-state index contributed by atoms with van der Waals surface area (Å²) in [5.74, 6) is -1.33. The maximum Gasteiger partial charge on any atom is 0.167 e. The van der Waals surface area contributed by atoms with Gasteiger partial charge in [-0.15, -0.1) is 0 Å². The Bertz CT molecular complexity index is 440. The number of ether oxygens (including phenoxy) is 1. The fourth-order valence-corrected chi connectivity index (χ4v) is 2.47. The summed E-state index contributed by atoms with van der Waals surface area (Å²) in [4.78, 5) is 2.30. The molecule has 1 heterocycles. The van der Waals surface area contributed by atoms with Crippen molar-refractivity contribution in [2.75, 3.05) is 25.9 Å². The number of likely N-dealkylation sites (tertiary alicyclic amines) is 1. The lowest BCUT2D eigenvalue weighted by atomic mass is 10.0. The number of nitrogens with zero attached hydrogens (tertiary/aromatic N) is 1. The largest absolute Gasteiger partial charge is 0.490 e. The molecule has 1 aromatic rings. The van der Waals surface area contributed by atoms with Gasteiger partial charge >= 0.3 is 0 Å². The summed E-state index contributed by atoms with van der Waals surface area (Å²) in [5.41, 5.74) is 5.08. The van der Waals surface area contributed by atoms with Gasteiger partial charge < -0.3 is 15.4 Å². The minimum absolute atomic E-state index is 0.0647. The van der Waals surface area contributed by atoms with Gasteiger partial charge in [0.2, 0.25) is 0 Å². The van der Waals surface area contributed by atoms with Crippen LogP contribution in [0.4, 0.5) is 14.5 Å². The van der Waals surface area contributed by atoms with Crippen LogP contribution < -0.4 is 10.5 Å². The van der Waals surface area contributed by atoms with Crippen LogP contribution in [0.5, 0.6) is 5.75 Å². The van der Waals surface area contributed by atoms with Crippen molar-refractivity contribution in [3.05, 3.63) is 23.8 Å². The Morgan fingerprint density at radius 1 is 1.32 bits per heavy atom. The van der Waals surface area contributed by atoms with Gasteiger partial charge in [0, 0.05) is 18.2 Å². The molecular formula is C14H20F2N2O. The van der Waals surface area contributed by atoms with E-state index in [1.54, 1.807) is 0 Å². The second-order valence-electron chi connectivity index (χ2n) is 5.07. The highest BCUT2D eigenvalue weighted by atomic mass is 19.1. The van der Waals surface area contributed by atoms with Gasteiger partial charge in [-0.25, -0.2) is 8.78 Å². The van der Waals surface area contributed by atoms with E-state index < -0.39 is 11.6 Å². The molecule has 5 heteroatoms. The smallest absolute Gasteiger partial charge is 0.167 e. The quantitative estimate of drug-likeness (QED) is 0.855. The third-order valence-electron chi connectivity index (χ3n) is 3.68. The van der Waals surface area contributed by atoms with Crippen molar-refractivity contribution < 1.29 is 13.5 Å². The molecule has 2 rings (SSSR count).